The zero-order valence-corrected chi connectivity index (χ0v) is 45.7. The standard InChI is InChI=1S/C56H112Cl2O3/c1-41(29-45(5)33-49(9)37-53(13)39-51(11)35-47(7)31-43(3)23-19-27-57)21-17-25-55(59-15)61-56(60-16)26-18-22-42(2)30-46(6)34-50(10)38-54(14)40-52(12)36-48(8)32-44(4)24-20-28-58/h41-56H,17-40H2,1-16H3. The van der Waals surface area contributed by atoms with Crippen molar-refractivity contribution in [1.82, 2.24) is 0 Å². The van der Waals surface area contributed by atoms with Gasteiger partial charge in [0.25, 0.3) is 0 Å². The van der Waals surface area contributed by atoms with E-state index in [0.717, 1.165) is 133 Å². The van der Waals surface area contributed by atoms with Crippen molar-refractivity contribution in [3.63, 3.8) is 0 Å². The molecule has 0 spiro atoms. The molecule has 368 valence electrons. The molecule has 0 aliphatic rings. The third-order valence-electron chi connectivity index (χ3n) is 14.4. The van der Waals surface area contributed by atoms with Crippen LogP contribution in [0.15, 0.2) is 0 Å². The highest BCUT2D eigenvalue weighted by Gasteiger charge is 2.22. The predicted octanol–water partition coefficient (Wildman–Crippen LogP) is 18.9. The van der Waals surface area contributed by atoms with E-state index in [-0.39, 0.29) is 12.6 Å². The molecule has 3 nitrogen and oxygen atoms in total. The van der Waals surface area contributed by atoms with Crippen molar-refractivity contribution in [2.45, 2.75) is 251 Å². The smallest absolute Gasteiger partial charge is 0.160 e. The second-order valence-corrected chi connectivity index (χ2v) is 24.0. The summed E-state index contributed by atoms with van der Waals surface area (Å²) in [4.78, 5) is 0. The van der Waals surface area contributed by atoms with Crippen LogP contribution in [0.1, 0.15) is 238 Å². The number of hydrogen-bond donors (Lipinski definition) is 0. The zero-order valence-electron chi connectivity index (χ0n) is 44.2. The molecule has 0 heterocycles. The third kappa shape index (κ3) is 35.3. The second-order valence-electron chi connectivity index (χ2n) is 23.3. The fourth-order valence-corrected chi connectivity index (χ4v) is 12.8. The van der Waals surface area contributed by atoms with Gasteiger partial charge in [-0.3, -0.25) is 0 Å². The molecule has 0 bridgehead atoms. The average molecular weight is 904 g/mol. The Labute approximate surface area is 395 Å². The molecule has 0 aromatic heterocycles. The number of halogens is 2. The van der Waals surface area contributed by atoms with E-state index in [9.17, 15) is 0 Å². The monoisotopic (exact) mass is 903 g/mol. The van der Waals surface area contributed by atoms with Crippen LogP contribution in [-0.4, -0.2) is 38.6 Å². The molecule has 0 saturated carbocycles. The van der Waals surface area contributed by atoms with Gasteiger partial charge in [0.2, 0.25) is 0 Å². The van der Waals surface area contributed by atoms with Crippen molar-refractivity contribution in [3.8, 4) is 0 Å². The van der Waals surface area contributed by atoms with E-state index < -0.39 is 0 Å². The van der Waals surface area contributed by atoms with Crippen molar-refractivity contribution in [1.29, 1.82) is 0 Å². The fourth-order valence-electron chi connectivity index (χ4n) is 12.4. The number of hydrogen-bond acceptors (Lipinski definition) is 3. The van der Waals surface area contributed by atoms with Crippen LogP contribution >= 0.6 is 23.2 Å². The summed E-state index contributed by atoms with van der Waals surface area (Å²) in [6.45, 7) is 34.6. The summed E-state index contributed by atoms with van der Waals surface area (Å²) in [6.07, 6.45) is 27.3. The van der Waals surface area contributed by atoms with Gasteiger partial charge in [-0.05, 0) is 211 Å². The second kappa shape index (κ2) is 37.5. The molecule has 0 fully saturated rings. The van der Waals surface area contributed by atoms with Gasteiger partial charge in [-0.25, -0.2) is 0 Å². The third-order valence-corrected chi connectivity index (χ3v) is 15.0. The molecule has 0 aromatic carbocycles. The SMILES string of the molecule is COC(CCCC(C)CC(C)CC(C)CC(C)CC(C)CC(C)CC(C)CCCCl)OC(CCCC(C)CC(C)CC(C)CC(C)CC(C)CC(C)CC(C)CCCCl)OC. The minimum Gasteiger partial charge on any atom is -0.356 e. The Bertz CT molecular complexity index is 890. The van der Waals surface area contributed by atoms with Crippen molar-refractivity contribution in [2.24, 2.45) is 82.9 Å². The number of methoxy groups -OCH3 is 2. The first-order valence-electron chi connectivity index (χ1n) is 26.6. The van der Waals surface area contributed by atoms with Crippen molar-refractivity contribution < 1.29 is 14.2 Å². The summed E-state index contributed by atoms with van der Waals surface area (Å²) in [5.41, 5.74) is 0. The lowest BCUT2D eigenvalue weighted by Crippen LogP contribution is -2.25. The highest BCUT2D eigenvalue weighted by atomic mass is 35.5. The van der Waals surface area contributed by atoms with Crippen LogP contribution in [0, 0.1) is 82.9 Å². The normalized spacial score (nSPS) is 20.4. The van der Waals surface area contributed by atoms with E-state index in [2.05, 4.69) is 96.9 Å². The summed E-state index contributed by atoms with van der Waals surface area (Å²) >= 11 is 11.8. The number of alkyl halides is 2. The van der Waals surface area contributed by atoms with Gasteiger partial charge in [-0.1, -0.05) is 110 Å². The average Bonchev–Trinajstić information content (AvgIpc) is 3.14. The molecule has 16 atom stereocenters. The number of rotatable bonds is 42. The molecule has 16 unspecified atom stereocenters. The Hall–Kier alpha value is 0.460. The molecule has 0 radical (unpaired) electrons. The molecular weight excluding hydrogens is 792 g/mol. The fraction of sp³-hybridized carbons (Fsp3) is 1.00. The molecule has 0 amide bonds. The first kappa shape index (κ1) is 61.5. The van der Waals surface area contributed by atoms with Gasteiger partial charge < -0.3 is 14.2 Å². The first-order valence-corrected chi connectivity index (χ1v) is 27.7. The molecule has 5 heteroatoms. The van der Waals surface area contributed by atoms with Crippen LogP contribution in [-0.2, 0) is 14.2 Å². The molecule has 0 aromatic rings. The summed E-state index contributed by atoms with van der Waals surface area (Å²) in [5.74, 6) is 12.7. The first-order chi connectivity index (χ1) is 28.8. The van der Waals surface area contributed by atoms with Crippen LogP contribution in [0.4, 0.5) is 0 Å². The maximum absolute atomic E-state index is 6.36. The van der Waals surface area contributed by atoms with E-state index in [1.807, 2.05) is 0 Å². The van der Waals surface area contributed by atoms with Crippen LogP contribution in [0.5, 0.6) is 0 Å². The van der Waals surface area contributed by atoms with Crippen molar-refractivity contribution in [3.05, 3.63) is 0 Å². The van der Waals surface area contributed by atoms with Gasteiger partial charge in [0.15, 0.2) is 12.6 Å². The summed E-state index contributed by atoms with van der Waals surface area (Å²) in [7, 11) is 3.58. The van der Waals surface area contributed by atoms with E-state index in [1.165, 1.54) is 103 Å². The molecule has 61 heavy (non-hydrogen) atoms. The maximum atomic E-state index is 6.36. The van der Waals surface area contributed by atoms with Gasteiger partial charge in [0.1, 0.15) is 0 Å². The van der Waals surface area contributed by atoms with E-state index in [4.69, 9.17) is 37.4 Å². The van der Waals surface area contributed by atoms with Gasteiger partial charge >= 0.3 is 0 Å². The Kier molecular flexibility index (Phi) is 37.8. The Balaban J connectivity index is 4.38. The van der Waals surface area contributed by atoms with Crippen LogP contribution in [0.2, 0.25) is 0 Å². The van der Waals surface area contributed by atoms with Crippen molar-refractivity contribution in [2.75, 3.05) is 26.0 Å². The summed E-state index contributed by atoms with van der Waals surface area (Å²) in [5, 5.41) is 0. The topological polar surface area (TPSA) is 27.7 Å². The quantitative estimate of drug-likeness (QED) is 0.0451. The highest BCUT2D eigenvalue weighted by Crippen LogP contribution is 2.33. The van der Waals surface area contributed by atoms with Crippen LogP contribution in [0.25, 0.3) is 0 Å². The van der Waals surface area contributed by atoms with Crippen LogP contribution in [0.3, 0.4) is 0 Å². The summed E-state index contributed by atoms with van der Waals surface area (Å²) in [6, 6.07) is 0. The summed E-state index contributed by atoms with van der Waals surface area (Å²) < 4.78 is 18.0. The molecule has 0 saturated heterocycles. The van der Waals surface area contributed by atoms with Crippen molar-refractivity contribution >= 4 is 23.2 Å². The van der Waals surface area contributed by atoms with Gasteiger partial charge in [-0.2, -0.15) is 0 Å². The highest BCUT2D eigenvalue weighted by molar-refractivity contribution is 6.18. The van der Waals surface area contributed by atoms with E-state index in [0.29, 0.717) is 0 Å². The molecule has 0 aliphatic heterocycles. The molecule has 0 aliphatic carbocycles. The lowest BCUT2D eigenvalue weighted by molar-refractivity contribution is -0.233. The molecular formula is C56H112Cl2O3. The van der Waals surface area contributed by atoms with E-state index >= 15 is 0 Å². The Morgan fingerprint density at radius 3 is 0.623 bits per heavy atom. The minimum absolute atomic E-state index is 0.191. The predicted molar refractivity (Wildman–Crippen MR) is 274 cm³/mol. The minimum atomic E-state index is -0.191. The Morgan fingerprint density at radius 1 is 0.262 bits per heavy atom. The number of ether oxygens (including phenoxy) is 3. The van der Waals surface area contributed by atoms with Gasteiger partial charge in [-0.15, -0.1) is 23.2 Å². The maximum Gasteiger partial charge on any atom is 0.160 e. The lowest BCUT2D eigenvalue weighted by atomic mass is 9.80. The van der Waals surface area contributed by atoms with Crippen LogP contribution < -0.4 is 0 Å². The van der Waals surface area contributed by atoms with E-state index in [1.54, 1.807) is 14.2 Å². The molecule has 0 N–H and O–H groups in total. The van der Waals surface area contributed by atoms with Gasteiger partial charge in [0.05, 0.1) is 0 Å². The molecule has 0 rings (SSSR count). The zero-order chi connectivity index (χ0) is 46.3. The lowest BCUT2D eigenvalue weighted by Gasteiger charge is -2.26. The largest absolute Gasteiger partial charge is 0.356 e. The Morgan fingerprint density at radius 2 is 0.443 bits per heavy atom. The van der Waals surface area contributed by atoms with Gasteiger partial charge in [0, 0.05) is 26.0 Å².